The average Bonchev–Trinajstić information content (AvgIpc) is 3.23. The molecule has 4 aromatic rings. The van der Waals surface area contributed by atoms with Gasteiger partial charge in [-0.15, -0.1) is 0 Å². The highest BCUT2D eigenvalue weighted by molar-refractivity contribution is 7.90. The fourth-order valence-electron chi connectivity index (χ4n) is 3.93. The van der Waals surface area contributed by atoms with Crippen LogP contribution < -0.4 is 14.9 Å². The van der Waals surface area contributed by atoms with Crippen molar-refractivity contribution in [2.75, 3.05) is 23.3 Å². The average molecular weight is 480 g/mol. The van der Waals surface area contributed by atoms with Crippen molar-refractivity contribution < 1.29 is 22.9 Å². The largest absolute Gasteiger partial charge is 0.588 e. The van der Waals surface area contributed by atoms with E-state index in [1.54, 1.807) is 49.4 Å². The smallest absolute Gasteiger partial charge is 0.328 e. The van der Waals surface area contributed by atoms with Crippen molar-refractivity contribution in [1.82, 2.24) is 4.72 Å². The van der Waals surface area contributed by atoms with Crippen molar-refractivity contribution in [3.05, 3.63) is 66.2 Å². The van der Waals surface area contributed by atoms with E-state index in [1.165, 1.54) is 12.1 Å². The minimum atomic E-state index is -1.92. The van der Waals surface area contributed by atoms with Gasteiger partial charge in [-0.1, -0.05) is 25.1 Å². The van der Waals surface area contributed by atoms with E-state index in [-0.39, 0.29) is 22.6 Å². The van der Waals surface area contributed by atoms with E-state index >= 15 is 0 Å². The molecule has 0 radical (unpaired) electrons. The van der Waals surface area contributed by atoms with Gasteiger partial charge in [0.15, 0.2) is 10.7 Å². The molecule has 9 heteroatoms. The fourth-order valence-corrected chi connectivity index (χ4v) is 4.89. The molecule has 2 heterocycles. The van der Waals surface area contributed by atoms with Gasteiger partial charge >= 0.3 is 5.91 Å². The van der Waals surface area contributed by atoms with Gasteiger partial charge in [0, 0.05) is 53.8 Å². The molecular weight excluding hydrogens is 457 g/mol. The first kappa shape index (κ1) is 22.2. The van der Waals surface area contributed by atoms with Crippen LogP contribution in [-0.2, 0) is 16.2 Å². The number of carbonyl (C=O) groups is 2. The van der Waals surface area contributed by atoms with Crippen LogP contribution in [0.4, 0.5) is 15.8 Å². The summed E-state index contributed by atoms with van der Waals surface area (Å²) in [6.07, 6.45) is 1.38. The summed E-state index contributed by atoms with van der Waals surface area (Å²) in [4.78, 5) is 27.1. The molecule has 7 nitrogen and oxygen atoms in total. The lowest BCUT2D eigenvalue weighted by molar-refractivity contribution is -0.115. The molecule has 5 rings (SSSR count). The molecule has 1 atom stereocenters. The maximum Gasteiger partial charge on any atom is 0.328 e. The molecule has 1 aliphatic heterocycles. The second kappa shape index (κ2) is 9.00. The Balaban J connectivity index is 1.41. The third kappa shape index (κ3) is 4.08. The molecule has 0 bridgehead atoms. The molecule has 0 saturated carbocycles. The van der Waals surface area contributed by atoms with Crippen molar-refractivity contribution in [3.8, 4) is 0 Å². The summed E-state index contributed by atoms with van der Waals surface area (Å²) in [5.74, 6) is -1.45. The van der Waals surface area contributed by atoms with Gasteiger partial charge < -0.3 is 19.2 Å². The van der Waals surface area contributed by atoms with Gasteiger partial charge in [0.2, 0.25) is 5.91 Å². The maximum atomic E-state index is 14.6. The topological polar surface area (TPSA) is 97.6 Å². The number of hydrogen-bond donors (Lipinski definition) is 2. The van der Waals surface area contributed by atoms with Crippen LogP contribution in [0.2, 0.25) is 0 Å². The minimum Gasteiger partial charge on any atom is -0.588 e. The molecule has 3 aromatic carbocycles. The number of nitrogens with one attached hydrogen (secondary N) is 2. The second-order valence-corrected chi connectivity index (χ2v) is 9.23. The maximum absolute atomic E-state index is 14.6. The van der Waals surface area contributed by atoms with Gasteiger partial charge in [-0.3, -0.25) is 9.59 Å². The van der Waals surface area contributed by atoms with Crippen molar-refractivity contribution >= 4 is 56.3 Å². The highest BCUT2D eigenvalue weighted by atomic mass is 32.2. The van der Waals surface area contributed by atoms with Crippen LogP contribution in [0, 0.1) is 5.82 Å². The predicted octanol–water partition coefficient (Wildman–Crippen LogP) is 4.74. The molecule has 0 aliphatic carbocycles. The Kier molecular flexibility index (Phi) is 5.89. The number of fused-ring (bicyclic) bond motifs is 2. The van der Waals surface area contributed by atoms with Gasteiger partial charge in [0.05, 0.1) is 5.39 Å². The first-order valence-electron chi connectivity index (χ1n) is 11.0. The SMILES string of the molecule is CCC(=O)Nc1cccc2c([S+]([O-])NC(=O)c3cc4c(F)cc(N5CCC5)cc4o3)cccc12. The van der Waals surface area contributed by atoms with E-state index in [1.807, 2.05) is 4.90 Å². The van der Waals surface area contributed by atoms with Gasteiger partial charge in [-0.2, -0.15) is 4.72 Å². The van der Waals surface area contributed by atoms with Gasteiger partial charge in [0.25, 0.3) is 0 Å². The van der Waals surface area contributed by atoms with E-state index in [2.05, 4.69) is 10.0 Å². The zero-order valence-corrected chi connectivity index (χ0v) is 19.2. The molecule has 2 N–H and O–H groups in total. The van der Waals surface area contributed by atoms with E-state index in [9.17, 15) is 18.5 Å². The molecule has 1 saturated heterocycles. The van der Waals surface area contributed by atoms with Gasteiger partial charge in [-0.25, -0.2) is 4.39 Å². The van der Waals surface area contributed by atoms with Crippen LogP contribution in [0.25, 0.3) is 21.7 Å². The Labute approximate surface area is 198 Å². The molecule has 1 aromatic heterocycles. The third-order valence-electron chi connectivity index (χ3n) is 5.88. The number of nitrogens with zero attached hydrogens (tertiary/aromatic N) is 1. The molecule has 1 aliphatic rings. The number of halogens is 1. The van der Waals surface area contributed by atoms with Crippen LogP contribution in [0.1, 0.15) is 30.3 Å². The summed E-state index contributed by atoms with van der Waals surface area (Å²) in [5.41, 5.74) is 1.57. The lowest BCUT2D eigenvalue weighted by Crippen LogP contribution is -2.36. The summed E-state index contributed by atoms with van der Waals surface area (Å²) in [7, 11) is 0. The highest BCUT2D eigenvalue weighted by Gasteiger charge is 2.24. The number of benzene rings is 3. The standard InChI is InChI=1S/C25H22FN3O4S/c1-2-24(30)27-20-8-3-7-17-16(20)6-4-9-23(17)34(32)28-25(31)22-14-18-19(26)12-15(13-21(18)33-22)29-10-5-11-29/h3-4,6-9,12-14H,2,5,10-11H2,1H3,(H,27,30)(H,28,31). The first-order chi connectivity index (χ1) is 16.4. The van der Waals surface area contributed by atoms with Crippen molar-refractivity contribution in [2.24, 2.45) is 0 Å². The van der Waals surface area contributed by atoms with Gasteiger partial charge in [-0.05, 0) is 30.7 Å². The molecule has 2 amide bonds. The van der Waals surface area contributed by atoms with E-state index in [0.717, 1.165) is 19.5 Å². The Morgan fingerprint density at radius 1 is 1.09 bits per heavy atom. The highest BCUT2D eigenvalue weighted by Crippen LogP contribution is 2.31. The predicted molar refractivity (Wildman–Crippen MR) is 130 cm³/mol. The van der Waals surface area contributed by atoms with Crippen molar-refractivity contribution in [2.45, 2.75) is 24.7 Å². The zero-order valence-electron chi connectivity index (χ0n) is 18.4. The lowest BCUT2D eigenvalue weighted by Gasteiger charge is -2.33. The summed E-state index contributed by atoms with van der Waals surface area (Å²) >= 11 is -1.92. The van der Waals surface area contributed by atoms with Crippen LogP contribution in [0.15, 0.2) is 63.9 Å². The monoisotopic (exact) mass is 479 g/mol. The van der Waals surface area contributed by atoms with Crippen molar-refractivity contribution in [1.29, 1.82) is 0 Å². The normalized spacial score (nSPS) is 14.1. The Bertz CT molecular complexity index is 1420. The van der Waals surface area contributed by atoms with Crippen LogP contribution in [0.5, 0.6) is 0 Å². The fraction of sp³-hybridized carbons (Fsp3) is 0.200. The van der Waals surface area contributed by atoms with E-state index in [4.69, 9.17) is 4.42 Å². The zero-order chi connectivity index (χ0) is 23.8. The third-order valence-corrected chi connectivity index (χ3v) is 7.01. The second-order valence-electron chi connectivity index (χ2n) is 8.05. The van der Waals surface area contributed by atoms with E-state index < -0.39 is 23.1 Å². The minimum absolute atomic E-state index is 0.126. The lowest BCUT2D eigenvalue weighted by atomic mass is 10.1. The number of rotatable bonds is 6. The summed E-state index contributed by atoms with van der Waals surface area (Å²) < 4.78 is 35.7. The summed E-state index contributed by atoms with van der Waals surface area (Å²) in [6, 6.07) is 14.9. The summed E-state index contributed by atoms with van der Waals surface area (Å²) in [5, 5.41) is 4.36. The molecule has 1 fully saturated rings. The van der Waals surface area contributed by atoms with Crippen LogP contribution in [-0.4, -0.2) is 29.5 Å². The molecule has 174 valence electrons. The molecule has 0 spiro atoms. The molecular formula is C25H22FN3O4S. The number of carbonyl (C=O) groups excluding carboxylic acids is 2. The number of amides is 2. The number of anilines is 2. The molecule has 1 unspecified atom stereocenters. The van der Waals surface area contributed by atoms with E-state index in [0.29, 0.717) is 33.5 Å². The van der Waals surface area contributed by atoms with Crippen LogP contribution >= 0.6 is 0 Å². The summed E-state index contributed by atoms with van der Waals surface area (Å²) in [6.45, 7) is 3.46. The Morgan fingerprint density at radius 2 is 1.85 bits per heavy atom. The van der Waals surface area contributed by atoms with Gasteiger partial charge in [0.1, 0.15) is 22.8 Å². The number of hydrogen-bond acceptors (Lipinski definition) is 5. The number of furan rings is 1. The Hall–Kier alpha value is -3.56. The molecule has 34 heavy (non-hydrogen) atoms. The quantitative estimate of drug-likeness (QED) is 0.390. The van der Waals surface area contributed by atoms with Crippen molar-refractivity contribution in [3.63, 3.8) is 0 Å². The first-order valence-corrected chi connectivity index (χ1v) is 12.1. The Morgan fingerprint density at radius 3 is 2.59 bits per heavy atom. The van der Waals surface area contributed by atoms with Crippen LogP contribution in [0.3, 0.4) is 0 Å².